The summed E-state index contributed by atoms with van der Waals surface area (Å²) in [7, 11) is -1.01. The number of rotatable bonds is 4. The molecule has 2 aliphatic rings. The quantitative estimate of drug-likeness (QED) is 0.915. The summed E-state index contributed by atoms with van der Waals surface area (Å²) in [5.74, 6) is 0.928. The maximum Gasteiger partial charge on any atom is 0.178 e. The molecule has 20 heavy (non-hydrogen) atoms. The first-order valence-corrected chi connectivity index (χ1v) is 8.93. The molecule has 0 aromatic heterocycles. The van der Waals surface area contributed by atoms with Crippen LogP contribution in [-0.2, 0) is 9.84 Å². The molecule has 5 heteroatoms. The number of hydrogen-bond acceptors (Lipinski definition) is 4. The lowest BCUT2D eigenvalue weighted by Crippen LogP contribution is -2.43. The van der Waals surface area contributed by atoms with Crippen LogP contribution in [0.4, 0.5) is 0 Å². The maximum absolute atomic E-state index is 12.2. The van der Waals surface area contributed by atoms with Crippen molar-refractivity contribution in [3.05, 3.63) is 29.8 Å². The Kier molecular flexibility index (Phi) is 3.60. The molecule has 2 atom stereocenters. The zero-order valence-corrected chi connectivity index (χ0v) is 12.6. The molecule has 4 nitrogen and oxygen atoms in total. The van der Waals surface area contributed by atoms with Crippen LogP contribution < -0.4 is 5.73 Å². The first-order chi connectivity index (χ1) is 9.54. The van der Waals surface area contributed by atoms with Crippen molar-refractivity contribution < 1.29 is 8.42 Å². The Labute approximate surface area is 120 Å². The van der Waals surface area contributed by atoms with Crippen LogP contribution in [0.2, 0.25) is 0 Å². The molecule has 1 aliphatic carbocycles. The lowest BCUT2D eigenvalue weighted by molar-refractivity contribution is 0.152. The van der Waals surface area contributed by atoms with Gasteiger partial charge in [-0.1, -0.05) is 18.2 Å². The summed E-state index contributed by atoms with van der Waals surface area (Å²) in [4.78, 5) is 2.82. The van der Waals surface area contributed by atoms with E-state index in [1.807, 2.05) is 12.1 Å². The second-order valence-electron chi connectivity index (χ2n) is 5.97. The second kappa shape index (κ2) is 5.13. The summed E-state index contributed by atoms with van der Waals surface area (Å²) in [6, 6.07) is 7.96. The molecular weight excluding hydrogens is 272 g/mol. The zero-order valence-electron chi connectivity index (χ0n) is 11.8. The van der Waals surface area contributed by atoms with Crippen LogP contribution in [0.25, 0.3) is 0 Å². The SMILES string of the molecule is CN(C1CCS(=O)(=O)c2ccccc21)C(CN)C1CC1. The first-order valence-electron chi connectivity index (χ1n) is 7.28. The van der Waals surface area contributed by atoms with Gasteiger partial charge in [0.15, 0.2) is 9.84 Å². The minimum Gasteiger partial charge on any atom is -0.329 e. The molecule has 1 saturated carbocycles. The number of nitrogens with zero attached hydrogens (tertiary/aromatic N) is 1. The zero-order chi connectivity index (χ0) is 14.3. The molecule has 1 aromatic carbocycles. The van der Waals surface area contributed by atoms with Crippen molar-refractivity contribution in [3.8, 4) is 0 Å². The minimum atomic E-state index is -3.10. The Morgan fingerprint density at radius 1 is 1.30 bits per heavy atom. The summed E-state index contributed by atoms with van der Waals surface area (Å²) < 4.78 is 24.4. The monoisotopic (exact) mass is 294 g/mol. The van der Waals surface area contributed by atoms with Gasteiger partial charge >= 0.3 is 0 Å². The van der Waals surface area contributed by atoms with Gasteiger partial charge in [-0.15, -0.1) is 0 Å². The molecule has 1 aromatic rings. The van der Waals surface area contributed by atoms with E-state index >= 15 is 0 Å². The Morgan fingerprint density at radius 3 is 2.65 bits per heavy atom. The lowest BCUT2D eigenvalue weighted by atomic mass is 9.99. The minimum absolute atomic E-state index is 0.170. The molecule has 1 aliphatic heterocycles. The van der Waals surface area contributed by atoms with Crippen LogP contribution in [-0.4, -0.2) is 38.7 Å². The van der Waals surface area contributed by atoms with Crippen molar-refractivity contribution in [2.75, 3.05) is 19.3 Å². The Hall–Kier alpha value is -0.910. The molecule has 0 spiro atoms. The van der Waals surface area contributed by atoms with Gasteiger partial charge in [-0.25, -0.2) is 8.42 Å². The van der Waals surface area contributed by atoms with Gasteiger partial charge in [0.05, 0.1) is 10.6 Å². The third-order valence-corrected chi connectivity index (χ3v) is 6.51. The van der Waals surface area contributed by atoms with Crippen molar-refractivity contribution in [3.63, 3.8) is 0 Å². The molecule has 2 unspecified atom stereocenters. The molecule has 0 amide bonds. The predicted octanol–water partition coefficient (Wildman–Crippen LogP) is 1.57. The van der Waals surface area contributed by atoms with Gasteiger partial charge in [0.25, 0.3) is 0 Å². The highest BCUT2D eigenvalue weighted by molar-refractivity contribution is 7.91. The molecule has 1 heterocycles. The Morgan fingerprint density at radius 2 is 2.00 bits per heavy atom. The smallest absolute Gasteiger partial charge is 0.178 e. The van der Waals surface area contributed by atoms with Gasteiger partial charge in [0, 0.05) is 18.6 Å². The average Bonchev–Trinajstić information content (AvgIpc) is 3.24. The van der Waals surface area contributed by atoms with Gasteiger partial charge in [0.2, 0.25) is 0 Å². The van der Waals surface area contributed by atoms with E-state index in [4.69, 9.17) is 5.73 Å². The highest BCUT2D eigenvalue weighted by Gasteiger charge is 2.39. The van der Waals surface area contributed by atoms with E-state index in [1.54, 1.807) is 12.1 Å². The number of likely N-dealkylation sites (N-methyl/N-ethyl adjacent to an activating group) is 1. The number of nitrogens with two attached hydrogens (primary N) is 1. The summed E-state index contributed by atoms with van der Waals surface area (Å²) in [5.41, 5.74) is 6.88. The standard InChI is InChI=1S/C15H22N2O2S/c1-17(14(10-16)11-6-7-11)13-8-9-20(18,19)15-5-3-2-4-12(13)15/h2-5,11,13-14H,6-10,16H2,1H3. The van der Waals surface area contributed by atoms with Crippen molar-refractivity contribution in [2.24, 2.45) is 11.7 Å². The van der Waals surface area contributed by atoms with Crippen LogP contribution in [0.15, 0.2) is 29.2 Å². The van der Waals surface area contributed by atoms with E-state index in [-0.39, 0.29) is 11.8 Å². The second-order valence-corrected chi connectivity index (χ2v) is 8.04. The van der Waals surface area contributed by atoms with Crippen molar-refractivity contribution in [2.45, 2.75) is 36.2 Å². The van der Waals surface area contributed by atoms with E-state index in [1.165, 1.54) is 12.8 Å². The molecule has 0 bridgehead atoms. The fourth-order valence-electron chi connectivity index (χ4n) is 3.40. The van der Waals surface area contributed by atoms with Crippen molar-refractivity contribution in [1.82, 2.24) is 4.90 Å². The van der Waals surface area contributed by atoms with E-state index in [9.17, 15) is 8.42 Å². The summed E-state index contributed by atoms with van der Waals surface area (Å²) >= 11 is 0. The molecule has 0 saturated heterocycles. The lowest BCUT2D eigenvalue weighted by Gasteiger charge is -2.38. The normalized spacial score (nSPS) is 26.2. The number of sulfone groups is 1. The van der Waals surface area contributed by atoms with E-state index < -0.39 is 9.84 Å². The molecule has 3 rings (SSSR count). The fourth-order valence-corrected chi connectivity index (χ4v) is 5.00. The topological polar surface area (TPSA) is 63.4 Å². The average molecular weight is 294 g/mol. The maximum atomic E-state index is 12.2. The summed E-state index contributed by atoms with van der Waals surface area (Å²) in [6.45, 7) is 0.645. The van der Waals surface area contributed by atoms with Gasteiger partial charge < -0.3 is 5.73 Å². The molecular formula is C15H22N2O2S. The van der Waals surface area contributed by atoms with Crippen LogP contribution in [0.3, 0.4) is 0 Å². The third-order valence-electron chi connectivity index (χ3n) is 4.70. The number of fused-ring (bicyclic) bond motifs is 1. The Bertz CT molecular complexity index is 596. The van der Waals surface area contributed by atoms with E-state index in [0.29, 0.717) is 29.8 Å². The number of benzene rings is 1. The molecule has 0 radical (unpaired) electrons. The van der Waals surface area contributed by atoms with Gasteiger partial charge in [-0.05, 0) is 43.9 Å². The van der Waals surface area contributed by atoms with Crippen LogP contribution in [0, 0.1) is 5.92 Å². The largest absolute Gasteiger partial charge is 0.329 e. The van der Waals surface area contributed by atoms with E-state index in [0.717, 1.165) is 5.56 Å². The number of hydrogen-bond donors (Lipinski definition) is 1. The predicted molar refractivity (Wildman–Crippen MR) is 79.2 cm³/mol. The summed E-state index contributed by atoms with van der Waals surface area (Å²) in [5, 5.41) is 0. The third kappa shape index (κ3) is 2.38. The molecule has 2 N–H and O–H groups in total. The highest BCUT2D eigenvalue weighted by Crippen LogP contribution is 2.41. The highest BCUT2D eigenvalue weighted by atomic mass is 32.2. The van der Waals surface area contributed by atoms with Crippen LogP contribution in [0.5, 0.6) is 0 Å². The van der Waals surface area contributed by atoms with Crippen LogP contribution in [0.1, 0.15) is 30.9 Å². The molecule has 110 valence electrons. The fraction of sp³-hybridized carbons (Fsp3) is 0.600. The van der Waals surface area contributed by atoms with Crippen LogP contribution >= 0.6 is 0 Å². The van der Waals surface area contributed by atoms with Gasteiger partial charge in [-0.2, -0.15) is 0 Å². The van der Waals surface area contributed by atoms with Gasteiger partial charge in [0.1, 0.15) is 0 Å². The van der Waals surface area contributed by atoms with E-state index in [2.05, 4.69) is 11.9 Å². The van der Waals surface area contributed by atoms with Gasteiger partial charge in [-0.3, -0.25) is 4.90 Å². The van der Waals surface area contributed by atoms with Crippen molar-refractivity contribution in [1.29, 1.82) is 0 Å². The molecule has 1 fully saturated rings. The Balaban J connectivity index is 1.95. The van der Waals surface area contributed by atoms with Crippen molar-refractivity contribution >= 4 is 9.84 Å². The first kappa shape index (κ1) is 14.0. The summed E-state index contributed by atoms with van der Waals surface area (Å²) in [6.07, 6.45) is 3.16.